The fourth-order valence-corrected chi connectivity index (χ4v) is 2.94. The first kappa shape index (κ1) is 7.34. The van der Waals surface area contributed by atoms with Crippen molar-refractivity contribution in [2.24, 2.45) is 11.6 Å². The molecular formula is C15H16ClNO. The Balaban J connectivity index is 2.32. The van der Waals surface area contributed by atoms with Gasteiger partial charge in [-0.25, -0.2) is 0 Å². The van der Waals surface area contributed by atoms with Crippen molar-refractivity contribution in [1.29, 1.82) is 0 Å². The van der Waals surface area contributed by atoms with E-state index < -0.39 is 24.5 Å². The molecule has 0 heterocycles. The van der Waals surface area contributed by atoms with Crippen LogP contribution in [0.4, 0.5) is 0 Å². The molecule has 0 radical (unpaired) electrons. The summed E-state index contributed by atoms with van der Waals surface area (Å²) in [5.41, 5.74) is 8.52. The molecule has 3 heteroatoms. The van der Waals surface area contributed by atoms with Gasteiger partial charge in [0.05, 0.1) is 5.89 Å². The normalized spacial score (nSPS) is 35.6. The van der Waals surface area contributed by atoms with Crippen LogP contribution in [0.3, 0.4) is 0 Å². The summed E-state index contributed by atoms with van der Waals surface area (Å²) in [5, 5.41) is 0.485. The fraction of sp³-hybridized carbons (Fsp3) is 0.400. The van der Waals surface area contributed by atoms with E-state index in [0.29, 0.717) is 16.2 Å². The second-order valence-corrected chi connectivity index (χ2v) is 5.04. The van der Waals surface area contributed by atoms with E-state index in [0.717, 1.165) is 11.1 Å². The number of halogens is 1. The van der Waals surface area contributed by atoms with Gasteiger partial charge >= 0.3 is 0 Å². The molecule has 2 nitrogen and oxygen atoms in total. The number of amides is 1. The number of carbonyl (C=O) groups excluding carboxylic acids is 1. The van der Waals surface area contributed by atoms with Crippen LogP contribution in [-0.4, -0.2) is 5.91 Å². The zero-order valence-electron chi connectivity index (χ0n) is 14.9. The van der Waals surface area contributed by atoms with Gasteiger partial charge in [0, 0.05) is 11.9 Å². The van der Waals surface area contributed by atoms with Gasteiger partial charge in [0.1, 0.15) is 0 Å². The van der Waals surface area contributed by atoms with E-state index in [1.165, 1.54) is 0 Å². The molecule has 3 rings (SSSR count). The molecule has 1 atom stereocenters. The van der Waals surface area contributed by atoms with Crippen LogP contribution in [0.5, 0.6) is 0 Å². The summed E-state index contributed by atoms with van der Waals surface area (Å²) >= 11 is 6.09. The Bertz CT molecular complexity index is 773. The Morgan fingerprint density at radius 2 is 2.39 bits per heavy atom. The molecule has 0 aromatic heterocycles. The molecule has 94 valence electrons. The van der Waals surface area contributed by atoms with E-state index in [-0.39, 0.29) is 18.4 Å². The van der Waals surface area contributed by atoms with Crippen molar-refractivity contribution in [1.82, 2.24) is 0 Å². The second kappa shape index (κ2) is 4.13. The van der Waals surface area contributed by atoms with Crippen LogP contribution in [0.2, 0.25) is 5.02 Å². The van der Waals surface area contributed by atoms with Gasteiger partial charge in [-0.1, -0.05) is 11.6 Å². The first-order chi connectivity index (χ1) is 10.4. The quantitative estimate of drug-likeness (QED) is 0.833. The Morgan fingerprint density at radius 1 is 1.61 bits per heavy atom. The Kier molecular flexibility index (Phi) is 1.68. The smallest absolute Gasteiger partial charge is 0.224 e. The molecule has 0 aliphatic heterocycles. The summed E-state index contributed by atoms with van der Waals surface area (Å²) < 4.78 is 40.9. The zero-order chi connectivity index (χ0) is 17.4. The van der Waals surface area contributed by atoms with Crippen molar-refractivity contribution in [2.75, 3.05) is 0 Å². The van der Waals surface area contributed by atoms with E-state index in [1.54, 1.807) is 12.1 Å². The van der Waals surface area contributed by atoms with Crippen LogP contribution >= 0.6 is 11.6 Å². The number of allylic oxidation sites excluding steroid dienone is 1. The van der Waals surface area contributed by atoms with E-state index >= 15 is 0 Å². The number of hydrogen-bond donors (Lipinski definition) is 1. The van der Waals surface area contributed by atoms with Crippen LogP contribution in [0.25, 0.3) is 5.57 Å². The molecule has 0 saturated heterocycles. The van der Waals surface area contributed by atoms with Crippen molar-refractivity contribution in [3.8, 4) is 0 Å². The number of aryl methyl sites for hydroxylation is 1. The van der Waals surface area contributed by atoms with Gasteiger partial charge in [-0.05, 0) is 72.5 Å². The molecule has 2 aliphatic rings. The SMILES string of the molecule is [2H]C1([2H])CC2=C(Cc3c(C)cc(Cl)cc32)C([2H])(C(N)=O)C1([2H])[2H]. The van der Waals surface area contributed by atoms with Crippen LogP contribution < -0.4 is 5.73 Å². The molecular weight excluding hydrogens is 246 g/mol. The van der Waals surface area contributed by atoms with Crippen LogP contribution in [-0.2, 0) is 11.2 Å². The van der Waals surface area contributed by atoms with Crippen LogP contribution in [0, 0.1) is 12.8 Å². The lowest BCUT2D eigenvalue weighted by Gasteiger charge is -2.22. The molecule has 2 aliphatic carbocycles. The standard InChI is InChI=1S/C15H16ClNO/c1-8-5-9(16)6-13-10-3-2-4-11(15(17)18)14(10)7-12(8)13/h5-6,11H,2-4,7H2,1H3,(H2,17,18)/i2D2,4D2,11D. The van der Waals surface area contributed by atoms with Gasteiger partial charge in [-0.15, -0.1) is 0 Å². The summed E-state index contributed by atoms with van der Waals surface area (Å²) in [5.74, 6) is -3.61. The number of fused-ring (bicyclic) bond motifs is 2. The maximum Gasteiger partial charge on any atom is 0.224 e. The minimum Gasteiger partial charge on any atom is -0.369 e. The monoisotopic (exact) mass is 266 g/mol. The number of carbonyl (C=O) groups is 1. The molecule has 1 amide bonds. The van der Waals surface area contributed by atoms with Crippen LogP contribution in [0.15, 0.2) is 17.7 Å². The van der Waals surface area contributed by atoms with Gasteiger partial charge in [-0.3, -0.25) is 4.79 Å². The Morgan fingerprint density at radius 3 is 3.11 bits per heavy atom. The highest BCUT2D eigenvalue weighted by Crippen LogP contribution is 2.45. The van der Waals surface area contributed by atoms with Crippen molar-refractivity contribution < 1.29 is 11.6 Å². The highest BCUT2D eigenvalue weighted by Gasteiger charge is 2.33. The molecule has 1 unspecified atom stereocenters. The molecule has 18 heavy (non-hydrogen) atoms. The molecule has 0 bridgehead atoms. The van der Waals surface area contributed by atoms with E-state index in [9.17, 15) is 4.79 Å². The van der Waals surface area contributed by atoms with Gasteiger partial charge < -0.3 is 5.73 Å². The number of nitrogens with two attached hydrogens (primary N) is 1. The highest BCUT2D eigenvalue weighted by atomic mass is 35.5. The third-order valence-electron chi connectivity index (χ3n) is 3.51. The first-order valence-corrected chi connectivity index (χ1v) is 6.13. The molecule has 2 N–H and O–H groups in total. The van der Waals surface area contributed by atoms with Gasteiger partial charge in [0.2, 0.25) is 5.91 Å². The third-order valence-corrected chi connectivity index (χ3v) is 3.73. The third kappa shape index (κ3) is 1.67. The molecule has 1 aromatic rings. The summed E-state index contributed by atoms with van der Waals surface area (Å²) in [4.78, 5) is 12.0. The molecule has 0 saturated carbocycles. The lowest BCUT2D eigenvalue weighted by atomic mass is 9.82. The fourth-order valence-electron chi connectivity index (χ4n) is 2.67. The summed E-state index contributed by atoms with van der Waals surface area (Å²) in [6, 6.07) is 3.45. The number of rotatable bonds is 1. The summed E-state index contributed by atoms with van der Waals surface area (Å²) in [6.45, 7) is 1.85. The predicted octanol–water partition coefficient (Wildman–Crippen LogP) is 3.24. The average Bonchev–Trinajstić information content (AvgIpc) is 2.75. The number of primary amides is 1. The first-order valence-electron chi connectivity index (χ1n) is 8.25. The number of benzene rings is 1. The zero-order valence-corrected chi connectivity index (χ0v) is 10.7. The van der Waals surface area contributed by atoms with Crippen molar-refractivity contribution in [2.45, 2.75) is 32.5 Å². The van der Waals surface area contributed by atoms with E-state index in [4.69, 9.17) is 24.2 Å². The van der Waals surface area contributed by atoms with Crippen LogP contribution in [0.1, 0.15) is 42.7 Å². The topological polar surface area (TPSA) is 43.1 Å². The van der Waals surface area contributed by atoms with Crippen molar-refractivity contribution in [3.63, 3.8) is 0 Å². The summed E-state index contributed by atoms with van der Waals surface area (Å²) in [7, 11) is 0. The van der Waals surface area contributed by atoms with Gasteiger partial charge in [-0.2, -0.15) is 0 Å². The minimum absolute atomic E-state index is 0.212. The van der Waals surface area contributed by atoms with Gasteiger partial charge in [0.25, 0.3) is 0 Å². The Labute approximate surface area is 119 Å². The Hall–Kier alpha value is -1.28. The average molecular weight is 267 g/mol. The van der Waals surface area contributed by atoms with Crippen molar-refractivity contribution in [3.05, 3.63) is 39.4 Å². The lowest BCUT2D eigenvalue weighted by molar-refractivity contribution is -0.121. The highest BCUT2D eigenvalue weighted by molar-refractivity contribution is 6.30. The predicted molar refractivity (Wildman–Crippen MR) is 73.3 cm³/mol. The second-order valence-electron chi connectivity index (χ2n) is 4.60. The number of hydrogen-bond acceptors (Lipinski definition) is 1. The van der Waals surface area contributed by atoms with E-state index in [1.807, 2.05) is 6.92 Å². The van der Waals surface area contributed by atoms with Crippen molar-refractivity contribution >= 4 is 23.1 Å². The molecule has 1 aromatic carbocycles. The molecule has 0 spiro atoms. The van der Waals surface area contributed by atoms with Gasteiger partial charge in [0.15, 0.2) is 0 Å². The maximum absolute atomic E-state index is 12.0. The maximum atomic E-state index is 12.0. The lowest BCUT2D eigenvalue weighted by Crippen LogP contribution is -2.27. The molecule has 0 fully saturated rings. The summed E-state index contributed by atoms with van der Waals surface area (Å²) in [6.07, 6.45) is -5.10. The largest absolute Gasteiger partial charge is 0.369 e. The van der Waals surface area contributed by atoms with E-state index in [2.05, 4.69) is 0 Å². The minimum atomic E-state index is -2.72.